The van der Waals surface area contributed by atoms with Gasteiger partial charge in [0.15, 0.2) is 0 Å². The summed E-state index contributed by atoms with van der Waals surface area (Å²) >= 11 is 1.62. The molecular weight excluding hydrogens is 258 g/mol. The zero-order valence-corrected chi connectivity index (χ0v) is 11.7. The smallest absolute Gasteiger partial charge is 0.307 e. The third-order valence-electron chi connectivity index (χ3n) is 2.74. The lowest BCUT2D eigenvalue weighted by atomic mass is 10.1. The minimum atomic E-state index is -0.290. The highest BCUT2D eigenvalue weighted by Gasteiger charge is 2.14. The number of ether oxygens (including phenoxy) is 1. The zero-order chi connectivity index (χ0) is 13.7. The lowest BCUT2D eigenvalue weighted by Gasteiger charge is -2.08. The molecule has 0 saturated carbocycles. The molecule has 1 atom stereocenters. The van der Waals surface area contributed by atoms with Gasteiger partial charge in [-0.3, -0.25) is 4.79 Å². The Morgan fingerprint density at radius 3 is 2.68 bits per heavy atom. The largest absolute Gasteiger partial charge is 0.466 e. The summed E-state index contributed by atoms with van der Waals surface area (Å²) in [7, 11) is 0. The molecule has 4 heteroatoms. The summed E-state index contributed by atoms with van der Waals surface area (Å²) in [5, 5.41) is 0. The van der Waals surface area contributed by atoms with Crippen molar-refractivity contribution in [3.8, 4) is 10.4 Å². The summed E-state index contributed by atoms with van der Waals surface area (Å²) in [5.41, 5.74) is 7.20. The van der Waals surface area contributed by atoms with Crippen LogP contribution in [0.15, 0.2) is 42.5 Å². The molecule has 2 aromatic rings. The Balaban J connectivity index is 2.07. The van der Waals surface area contributed by atoms with Crippen molar-refractivity contribution < 1.29 is 9.53 Å². The third-order valence-corrected chi connectivity index (χ3v) is 4.01. The molecule has 3 nitrogen and oxygen atoms in total. The molecular formula is C15H17NO2S. The molecule has 1 aromatic heterocycles. The highest BCUT2D eigenvalue weighted by molar-refractivity contribution is 7.15. The van der Waals surface area contributed by atoms with E-state index in [4.69, 9.17) is 10.5 Å². The first-order chi connectivity index (χ1) is 9.20. The average Bonchev–Trinajstić information content (AvgIpc) is 2.89. The molecule has 0 saturated heterocycles. The Morgan fingerprint density at radius 2 is 2.00 bits per heavy atom. The summed E-state index contributed by atoms with van der Waals surface area (Å²) in [6.07, 6.45) is 0.225. The van der Waals surface area contributed by atoms with Crippen LogP contribution in [0.5, 0.6) is 0 Å². The van der Waals surface area contributed by atoms with Gasteiger partial charge in [0.2, 0.25) is 0 Å². The topological polar surface area (TPSA) is 52.3 Å². The van der Waals surface area contributed by atoms with Crippen LogP contribution in [0, 0.1) is 0 Å². The molecule has 1 unspecified atom stereocenters. The molecule has 1 heterocycles. The minimum absolute atomic E-state index is 0.225. The van der Waals surface area contributed by atoms with Gasteiger partial charge in [0.25, 0.3) is 0 Å². The summed E-state index contributed by atoms with van der Waals surface area (Å²) < 4.78 is 4.91. The van der Waals surface area contributed by atoms with Crippen molar-refractivity contribution in [1.29, 1.82) is 0 Å². The highest BCUT2D eigenvalue weighted by Crippen LogP contribution is 2.31. The number of rotatable bonds is 5. The molecule has 0 aliphatic carbocycles. The molecule has 0 fully saturated rings. The van der Waals surface area contributed by atoms with Gasteiger partial charge in [0.1, 0.15) is 0 Å². The first-order valence-corrected chi connectivity index (χ1v) is 7.08. The van der Waals surface area contributed by atoms with Crippen LogP contribution in [0.25, 0.3) is 10.4 Å². The van der Waals surface area contributed by atoms with Gasteiger partial charge < -0.3 is 10.5 Å². The standard InChI is InChI=1S/C15H17NO2S/c1-2-18-15(17)10-12(16)14-9-8-13(19-14)11-6-4-3-5-7-11/h3-9,12H,2,10,16H2,1H3. The van der Waals surface area contributed by atoms with Crippen LogP contribution in [0.1, 0.15) is 24.3 Å². The second kappa shape index (κ2) is 6.50. The molecule has 0 bridgehead atoms. The van der Waals surface area contributed by atoms with Gasteiger partial charge in [-0.25, -0.2) is 0 Å². The third kappa shape index (κ3) is 3.66. The van der Waals surface area contributed by atoms with Crippen LogP contribution in [-0.4, -0.2) is 12.6 Å². The van der Waals surface area contributed by atoms with E-state index in [0.717, 1.165) is 9.75 Å². The van der Waals surface area contributed by atoms with Gasteiger partial charge in [-0.15, -0.1) is 11.3 Å². The molecule has 2 rings (SSSR count). The van der Waals surface area contributed by atoms with Crippen LogP contribution in [0.3, 0.4) is 0 Å². The van der Waals surface area contributed by atoms with Gasteiger partial charge in [-0.1, -0.05) is 30.3 Å². The van der Waals surface area contributed by atoms with Crippen molar-refractivity contribution in [3.05, 3.63) is 47.3 Å². The lowest BCUT2D eigenvalue weighted by Crippen LogP contribution is -2.16. The number of benzene rings is 1. The summed E-state index contributed by atoms with van der Waals surface area (Å²) in [6.45, 7) is 2.19. The maximum absolute atomic E-state index is 11.4. The summed E-state index contributed by atoms with van der Waals surface area (Å²) in [4.78, 5) is 13.6. The lowest BCUT2D eigenvalue weighted by molar-refractivity contribution is -0.143. The van der Waals surface area contributed by atoms with Crippen molar-refractivity contribution in [2.24, 2.45) is 5.73 Å². The first-order valence-electron chi connectivity index (χ1n) is 6.27. The molecule has 0 aliphatic heterocycles. The number of esters is 1. The van der Waals surface area contributed by atoms with E-state index in [2.05, 4.69) is 12.1 Å². The maximum atomic E-state index is 11.4. The van der Waals surface area contributed by atoms with Gasteiger partial charge in [0.05, 0.1) is 13.0 Å². The Bertz CT molecular complexity index is 536. The number of hydrogen-bond acceptors (Lipinski definition) is 4. The fourth-order valence-corrected chi connectivity index (χ4v) is 2.82. The Labute approximate surface area is 117 Å². The van der Waals surface area contributed by atoms with E-state index in [9.17, 15) is 4.79 Å². The van der Waals surface area contributed by atoms with E-state index in [0.29, 0.717) is 6.61 Å². The van der Waals surface area contributed by atoms with Crippen molar-refractivity contribution >= 4 is 17.3 Å². The molecule has 0 amide bonds. The molecule has 1 aromatic carbocycles. The van der Waals surface area contributed by atoms with Crippen LogP contribution < -0.4 is 5.73 Å². The van der Waals surface area contributed by atoms with Gasteiger partial charge >= 0.3 is 5.97 Å². The number of carbonyl (C=O) groups excluding carboxylic acids is 1. The van der Waals surface area contributed by atoms with Crippen LogP contribution in [0.4, 0.5) is 0 Å². The molecule has 100 valence electrons. The maximum Gasteiger partial charge on any atom is 0.307 e. The van der Waals surface area contributed by atoms with Gasteiger partial charge in [-0.05, 0) is 24.6 Å². The predicted octanol–water partition coefficient (Wildman–Crippen LogP) is 3.37. The first kappa shape index (κ1) is 13.8. The second-order valence-electron chi connectivity index (χ2n) is 4.18. The van der Waals surface area contributed by atoms with E-state index in [1.165, 1.54) is 5.56 Å². The van der Waals surface area contributed by atoms with Gasteiger partial charge in [-0.2, -0.15) is 0 Å². The van der Waals surface area contributed by atoms with Crippen molar-refractivity contribution in [3.63, 3.8) is 0 Å². The minimum Gasteiger partial charge on any atom is -0.466 e. The Kier molecular flexibility index (Phi) is 4.71. The fourth-order valence-electron chi connectivity index (χ4n) is 1.81. The molecule has 0 spiro atoms. The zero-order valence-electron chi connectivity index (χ0n) is 10.8. The number of thiophene rings is 1. The van der Waals surface area contributed by atoms with E-state index in [-0.39, 0.29) is 18.4 Å². The molecule has 2 N–H and O–H groups in total. The van der Waals surface area contributed by atoms with Crippen molar-refractivity contribution in [2.75, 3.05) is 6.61 Å². The van der Waals surface area contributed by atoms with E-state index < -0.39 is 0 Å². The van der Waals surface area contributed by atoms with E-state index in [1.807, 2.05) is 30.3 Å². The number of carbonyl (C=O) groups is 1. The second-order valence-corrected chi connectivity index (χ2v) is 5.30. The van der Waals surface area contributed by atoms with E-state index in [1.54, 1.807) is 18.3 Å². The SMILES string of the molecule is CCOC(=O)CC(N)c1ccc(-c2ccccc2)s1. The number of nitrogens with two attached hydrogens (primary N) is 1. The highest BCUT2D eigenvalue weighted by atomic mass is 32.1. The fraction of sp³-hybridized carbons (Fsp3) is 0.267. The molecule has 0 radical (unpaired) electrons. The monoisotopic (exact) mass is 275 g/mol. The van der Waals surface area contributed by atoms with Crippen molar-refractivity contribution in [1.82, 2.24) is 0 Å². The summed E-state index contributed by atoms with van der Waals surface area (Å²) in [5.74, 6) is -0.246. The molecule has 0 aliphatic rings. The molecule has 19 heavy (non-hydrogen) atoms. The summed E-state index contributed by atoms with van der Waals surface area (Å²) in [6, 6.07) is 13.9. The Morgan fingerprint density at radius 1 is 1.26 bits per heavy atom. The van der Waals surface area contributed by atoms with Crippen LogP contribution in [-0.2, 0) is 9.53 Å². The quantitative estimate of drug-likeness (QED) is 0.851. The predicted molar refractivity (Wildman–Crippen MR) is 77.9 cm³/mol. The Hall–Kier alpha value is -1.65. The number of hydrogen-bond donors (Lipinski definition) is 1. The van der Waals surface area contributed by atoms with Crippen LogP contribution in [0.2, 0.25) is 0 Å². The average molecular weight is 275 g/mol. The van der Waals surface area contributed by atoms with Gasteiger partial charge in [0, 0.05) is 15.8 Å². The van der Waals surface area contributed by atoms with Crippen LogP contribution >= 0.6 is 11.3 Å². The van der Waals surface area contributed by atoms with Crippen molar-refractivity contribution in [2.45, 2.75) is 19.4 Å². The normalized spacial score (nSPS) is 12.1. The van der Waals surface area contributed by atoms with E-state index >= 15 is 0 Å².